The highest BCUT2D eigenvalue weighted by Crippen LogP contribution is 2.38. The van der Waals surface area contributed by atoms with Crippen molar-refractivity contribution in [3.63, 3.8) is 0 Å². The maximum absolute atomic E-state index is 12.8. The number of ether oxygens (including phenoxy) is 2. The molecule has 0 aliphatic heterocycles. The van der Waals surface area contributed by atoms with E-state index in [0.717, 1.165) is 64.2 Å². The molecule has 2 unspecified atom stereocenters. The van der Waals surface area contributed by atoms with E-state index in [0.29, 0.717) is 23.9 Å². The normalized spacial score (nSPS) is 13.8. The maximum atomic E-state index is 12.8. The Bertz CT molecular complexity index is 1710. The lowest BCUT2D eigenvalue weighted by Crippen LogP contribution is -2.37. The summed E-state index contributed by atoms with van der Waals surface area (Å²) in [7, 11) is 1.13. The average molecular weight is 1170 g/mol. The van der Waals surface area contributed by atoms with Crippen molar-refractivity contribution in [3.05, 3.63) is 97.2 Å². The summed E-state index contributed by atoms with van der Waals surface area (Å²) in [6, 6.07) is 0. The molecule has 0 fully saturated rings. The van der Waals surface area contributed by atoms with E-state index in [-0.39, 0.29) is 26.1 Å². The highest BCUT2D eigenvalue weighted by molar-refractivity contribution is 7.45. The fraction of sp³-hybridized carbons (Fsp3) is 0.750. The lowest BCUT2D eigenvalue weighted by atomic mass is 10.0. The van der Waals surface area contributed by atoms with E-state index >= 15 is 0 Å². The number of nitrogens with zero attached hydrogens (tertiary/aromatic N) is 1. The van der Waals surface area contributed by atoms with E-state index in [2.05, 4.69) is 105 Å². The number of phosphoric acid groups is 1. The zero-order valence-corrected chi connectivity index (χ0v) is 54.8. The Kier molecular flexibility index (Phi) is 60.1. The quantitative estimate of drug-likeness (QED) is 0.0195. The Morgan fingerprint density at radius 3 is 1.09 bits per heavy atom. The van der Waals surface area contributed by atoms with E-state index in [1.54, 1.807) is 0 Å². The van der Waals surface area contributed by atoms with Crippen LogP contribution in [0.15, 0.2) is 97.2 Å². The second-order valence-corrected chi connectivity index (χ2v) is 25.2. The first-order valence-electron chi connectivity index (χ1n) is 33.9. The van der Waals surface area contributed by atoms with Gasteiger partial charge in [0.15, 0.2) is 6.10 Å². The number of quaternary nitrogens is 1. The van der Waals surface area contributed by atoms with Gasteiger partial charge >= 0.3 is 11.9 Å². The Labute approximate surface area is 506 Å². The van der Waals surface area contributed by atoms with Crippen LogP contribution in [0.2, 0.25) is 0 Å². The van der Waals surface area contributed by atoms with E-state index in [1.165, 1.54) is 193 Å². The molecule has 0 amide bonds. The van der Waals surface area contributed by atoms with E-state index < -0.39 is 32.5 Å². The number of likely N-dealkylation sites (N-methyl/N-ethyl adjacent to an activating group) is 1. The smallest absolute Gasteiger partial charge is 0.306 e. The molecule has 0 aromatic heterocycles. The predicted molar refractivity (Wildman–Crippen MR) is 351 cm³/mol. The summed E-state index contributed by atoms with van der Waals surface area (Å²) in [5.41, 5.74) is 0. The van der Waals surface area contributed by atoms with E-state index in [9.17, 15) is 19.0 Å². The van der Waals surface area contributed by atoms with Gasteiger partial charge in [-0.05, 0) is 89.9 Å². The van der Waals surface area contributed by atoms with Crippen LogP contribution in [0.1, 0.15) is 296 Å². The highest BCUT2D eigenvalue weighted by Gasteiger charge is 2.22. The third kappa shape index (κ3) is 66.1. The maximum Gasteiger partial charge on any atom is 0.306 e. The van der Waals surface area contributed by atoms with Gasteiger partial charge in [-0.25, -0.2) is 0 Å². The number of hydrogen-bond acceptors (Lipinski definition) is 8. The number of rotatable bonds is 62. The molecule has 0 bridgehead atoms. The van der Waals surface area contributed by atoms with Crippen molar-refractivity contribution in [2.75, 3.05) is 47.5 Å². The van der Waals surface area contributed by atoms with Crippen LogP contribution in [-0.4, -0.2) is 70.0 Å². The van der Waals surface area contributed by atoms with Crippen LogP contribution >= 0.6 is 7.82 Å². The Hall–Kier alpha value is -3.07. The molecule has 0 aromatic carbocycles. The van der Waals surface area contributed by atoms with Gasteiger partial charge in [-0.2, -0.15) is 0 Å². The highest BCUT2D eigenvalue weighted by atomic mass is 31.2. The average Bonchev–Trinajstić information content (AvgIpc) is 3.46. The summed E-state index contributed by atoms with van der Waals surface area (Å²) in [6.07, 6.45) is 86.5. The van der Waals surface area contributed by atoms with Gasteiger partial charge in [-0.3, -0.25) is 14.2 Å². The standard InChI is InChI=1S/C72H128NO8P/c1-6-8-10-12-14-16-18-20-22-24-26-28-30-31-32-33-34-35-36-37-38-39-40-41-43-44-46-48-50-52-54-56-58-60-62-64-71(74)78-68-70(69-80-82(76,77)79-67-66-73(3,4)5)81-72(75)65-63-61-59-57-55-53-51-49-47-45-42-29-27-25-23-21-19-17-15-13-11-9-7-2/h9,11,15,17,21,23-24,26-27,29,45,47,51,53,57,59,70H,6-8,10,12-14,16,18-20,22,25,28,30-44,46,48-50,52,54-56,58,60-69H2,1-5H3/b11-9-,17-15-,23-21-,26-24-,29-27-,47-45-,53-51-,59-57-. The van der Waals surface area contributed by atoms with Crippen LogP contribution < -0.4 is 4.89 Å². The molecular weight excluding hydrogens is 1040 g/mol. The van der Waals surface area contributed by atoms with Gasteiger partial charge < -0.3 is 27.9 Å². The molecule has 0 aliphatic rings. The zero-order chi connectivity index (χ0) is 59.8. The molecule has 0 saturated carbocycles. The fourth-order valence-electron chi connectivity index (χ4n) is 9.41. The first-order chi connectivity index (χ1) is 40.0. The molecule has 9 nitrogen and oxygen atoms in total. The molecule has 2 atom stereocenters. The van der Waals surface area contributed by atoms with Gasteiger partial charge in [0, 0.05) is 12.8 Å². The van der Waals surface area contributed by atoms with E-state index in [4.69, 9.17) is 18.5 Å². The van der Waals surface area contributed by atoms with Crippen molar-refractivity contribution in [1.29, 1.82) is 0 Å². The lowest BCUT2D eigenvalue weighted by molar-refractivity contribution is -0.870. The Balaban J connectivity index is 4.07. The SMILES string of the molecule is CC/C=C\C/C=C\C/C=C\C/C=C\C/C=C\C/C=C\C/C=C\CCCC(=O)OC(COC(=O)CCCCCCCCCCCCCCCCCCCCCCCCC/C=C\CCCCCCCCCC)COP(=O)([O-])OCC[N+](C)(C)C. The number of phosphoric ester groups is 1. The van der Waals surface area contributed by atoms with Crippen LogP contribution in [0.5, 0.6) is 0 Å². The third-order valence-corrected chi connectivity index (χ3v) is 15.6. The second kappa shape index (κ2) is 62.5. The largest absolute Gasteiger partial charge is 0.756 e. The molecule has 0 heterocycles. The summed E-state index contributed by atoms with van der Waals surface area (Å²) in [4.78, 5) is 38.0. The summed E-state index contributed by atoms with van der Waals surface area (Å²) >= 11 is 0. The lowest BCUT2D eigenvalue weighted by Gasteiger charge is -2.28. The van der Waals surface area contributed by atoms with Crippen molar-refractivity contribution >= 4 is 19.8 Å². The van der Waals surface area contributed by atoms with Crippen LogP contribution in [-0.2, 0) is 32.7 Å². The number of hydrogen-bond donors (Lipinski definition) is 0. The number of carbonyl (C=O) groups is 2. The molecule has 474 valence electrons. The summed E-state index contributed by atoms with van der Waals surface area (Å²) in [5, 5.41) is 0. The zero-order valence-electron chi connectivity index (χ0n) is 53.9. The van der Waals surface area contributed by atoms with Crippen LogP contribution in [0.3, 0.4) is 0 Å². The predicted octanol–water partition coefficient (Wildman–Crippen LogP) is 21.3. The number of carbonyl (C=O) groups excluding carboxylic acids is 2. The van der Waals surface area contributed by atoms with Crippen molar-refractivity contribution in [2.45, 2.75) is 302 Å². The molecule has 0 spiro atoms. The van der Waals surface area contributed by atoms with Gasteiger partial charge in [-0.1, -0.05) is 291 Å². The molecule has 0 aromatic rings. The van der Waals surface area contributed by atoms with Crippen molar-refractivity contribution in [2.24, 2.45) is 0 Å². The van der Waals surface area contributed by atoms with Gasteiger partial charge in [-0.15, -0.1) is 0 Å². The minimum absolute atomic E-state index is 0.0453. The molecule has 0 saturated heterocycles. The van der Waals surface area contributed by atoms with E-state index in [1.807, 2.05) is 27.2 Å². The van der Waals surface area contributed by atoms with Crippen molar-refractivity contribution in [3.8, 4) is 0 Å². The Morgan fingerprint density at radius 2 is 0.707 bits per heavy atom. The third-order valence-electron chi connectivity index (χ3n) is 14.6. The summed E-state index contributed by atoms with van der Waals surface area (Å²) in [5.74, 6) is -0.899. The molecule has 82 heavy (non-hydrogen) atoms. The van der Waals surface area contributed by atoms with Crippen molar-refractivity contribution in [1.82, 2.24) is 0 Å². The van der Waals surface area contributed by atoms with Crippen molar-refractivity contribution < 1.29 is 42.1 Å². The minimum Gasteiger partial charge on any atom is -0.756 e. The number of unbranched alkanes of at least 4 members (excludes halogenated alkanes) is 32. The van der Waals surface area contributed by atoms with Crippen LogP contribution in [0, 0.1) is 0 Å². The first-order valence-corrected chi connectivity index (χ1v) is 35.4. The molecule has 0 radical (unpaired) electrons. The summed E-state index contributed by atoms with van der Waals surface area (Å²) < 4.78 is 34.2. The Morgan fingerprint density at radius 1 is 0.390 bits per heavy atom. The first kappa shape index (κ1) is 78.9. The molecule has 0 N–H and O–H groups in total. The van der Waals surface area contributed by atoms with Crippen LogP contribution in [0.25, 0.3) is 0 Å². The molecule has 10 heteroatoms. The topological polar surface area (TPSA) is 111 Å². The van der Waals surface area contributed by atoms with Gasteiger partial charge in [0.05, 0.1) is 27.7 Å². The second-order valence-electron chi connectivity index (χ2n) is 23.8. The molecular formula is C72H128NO8P. The van der Waals surface area contributed by atoms with Crippen LogP contribution in [0.4, 0.5) is 0 Å². The minimum atomic E-state index is -4.66. The van der Waals surface area contributed by atoms with Gasteiger partial charge in [0.2, 0.25) is 0 Å². The van der Waals surface area contributed by atoms with Gasteiger partial charge in [0.25, 0.3) is 7.82 Å². The molecule has 0 rings (SSSR count). The number of allylic oxidation sites excluding steroid dienone is 16. The number of esters is 2. The summed E-state index contributed by atoms with van der Waals surface area (Å²) in [6.45, 7) is 4.08. The molecule has 0 aliphatic carbocycles. The fourth-order valence-corrected chi connectivity index (χ4v) is 10.1. The van der Waals surface area contributed by atoms with Gasteiger partial charge in [0.1, 0.15) is 19.8 Å². The monoisotopic (exact) mass is 1170 g/mol.